The van der Waals surface area contributed by atoms with Crippen molar-refractivity contribution < 1.29 is 13.6 Å². The van der Waals surface area contributed by atoms with Crippen molar-refractivity contribution in [1.29, 1.82) is 0 Å². The molecule has 5 aromatic rings. The molecule has 0 saturated carbocycles. The van der Waals surface area contributed by atoms with E-state index in [4.69, 9.17) is 0 Å². The van der Waals surface area contributed by atoms with Crippen LogP contribution in [0.3, 0.4) is 0 Å². The second-order valence-corrected chi connectivity index (χ2v) is 6.91. The molecule has 0 spiro atoms. The number of benzene rings is 2. The standard InChI is InChI=1S/C23H14F2N6O/c24-18-8-5-15(12-19(18)25)23(32)27-17-6-3-14(4-7-17)20-9-10-21-28-29-22(31(21)30-20)16-2-1-11-26-13-16/h1-13H,(H,27,32). The quantitative estimate of drug-likeness (QED) is 0.459. The monoisotopic (exact) mass is 428 g/mol. The average molecular weight is 428 g/mol. The highest BCUT2D eigenvalue weighted by Gasteiger charge is 2.12. The lowest BCUT2D eigenvalue weighted by Gasteiger charge is -2.07. The summed E-state index contributed by atoms with van der Waals surface area (Å²) in [6.45, 7) is 0. The highest BCUT2D eigenvalue weighted by atomic mass is 19.2. The van der Waals surface area contributed by atoms with Gasteiger partial charge in [-0.3, -0.25) is 9.78 Å². The van der Waals surface area contributed by atoms with Gasteiger partial charge in [0.15, 0.2) is 23.1 Å². The van der Waals surface area contributed by atoms with Gasteiger partial charge in [-0.25, -0.2) is 8.78 Å². The van der Waals surface area contributed by atoms with Gasteiger partial charge < -0.3 is 5.32 Å². The minimum atomic E-state index is -1.07. The zero-order valence-corrected chi connectivity index (χ0v) is 16.4. The minimum absolute atomic E-state index is 0.0237. The molecule has 3 aromatic heterocycles. The van der Waals surface area contributed by atoms with Crippen LogP contribution in [0.4, 0.5) is 14.5 Å². The Morgan fingerprint density at radius 3 is 2.47 bits per heavy atom. The van der Waals surface area contributed by atoms with Gasteiger partial charge >= 0.3 is 0 Å². The Kier molecular flexibility index (Phi) is 4.83. The summed E-state index contributed by atoms with van der Waals surface area (Å²) >= 11 is 0. The molecule has 5 rings (SSSR count). The SMILES string of the molecule is O=C(Nc1ccc(-c2ccc3nnc(-c4cccnc4)n3n2)cc1)c1ccc(F)c(F)c1. The molecule has 0 aliphatic rings. The average Bonchev–Trinajstić information content (AvgIpc) is 3.25. The van der Waals surface area contributed by atoms with Crippen LogP contribution >= 0.6 is 0 Å². The highest BCUT2D eigenvalue weighted by molar-refractivity contribution is 6.04. The molecule has 1 N–H and O–H groups in total. The normalized spacial score (nSPS) is 10.9. The van der Waals surface area contributed by atoms with Gasteiger partial charge in [-0.1, -0.05) is 12.1 Å². The maximum atomic E-state index is 13.4. The van der Waals surface area contributed by atoms with E-state index < -0.39 is 17.5 Å². The number of hydrogen-bond acceptors (Lipinski definition) is 5. The Bertz CT molecular complexity index is 1430. The van der Waals surface area contributed by atoms with Crippen molar-refractivity contribution in [1.82, 2.24) is 24.8 Å². The summed E-state index contributed by atoms with van der Waals surface area (Å²) in [5.74, 6) is -2.04. The molecule has 0 atom stereocenters. The molecular formula is C23H14F2N6O. The van der Waals surface area contributed by atoms with Crippen LogP contribution in [-0.2, 0) is 0 Å². The first-order valence-corrected chi connectivity index (χ1v) is 9.58. The summed E-state index contributed by atoms with van der Waals surface area (Å²) in [7, 11) is 0. The summed E-state index contributed by atoms with van der Waals surface area (Å²) < 4.78 is 28.1. The van der Waals surface area contributed by atoms with Crippen LogP contribution in [0.25, 0.3) is 28.3 Å². The number of nitrogens with zero attached hydrogens (tertiary/aromatic N) is 5. The molecule has 3 heterocycles. The fraction of sp³-hybridized carbons (Fsp3) is 0. The third-order valence-corrected chi connectivity index (χ3v) is 4.80. The maximum Gasteiger partial charge on any atom is 0.255 e. The fourth-order valence-electron chi connectivity index (χ4n) is 3.18. The lowest BCUT2D eigenvalue weighted by atomic mass is 10.1. The van der Waals surface area contributed by atoms with Crippen molar-refractivity contribution >= 4 is 17.2 Å². The number of pyridine rings is 1. The number of aromatic nitrogens is 5. The predicted octanol–water partition coefficient (Wildman–Crippen LogP) is 4.38. The summed E-state index contributed by atoms with van der Waals surface area (Å²) in [6, 6.07) is 17.3. The molecule has 1 amide bonds. The predicted molar refractivity (Wildman–Crippen MR) is 114 cm³/mol. The van der Waals surface area contributed by atoms with Crippen LogP contribution in [0.5, 0.6) is 0 Å². The molecule has 0 saturated heterocycles. The minimum Gasteiger partial charge on any atom is -0.322 e. The smallest absolute Gasteiger partial charge is 0.255 e. The van der Waals surface area contributed by atoms with Crippen molar-refractivity contribution in [2.75, 3.05) is 5.32 Å². The van der Waals surface area contributed by atoms with Gasteiger partial charge in [-0.05, 0) is 54.6 Å². The lowest BCUT2D eigenvalue weighted by molar-refractivity contribution is 0.102. The molecule has 0 fully saturated rings. The van der Waals surface area contributed by atoms with Crippen LogP contribution in [0.1, 0.15) is 10.4 Å². The second-order valence-electron chi connectivity index (χ2n) is 6.91. The maximum absolute atomic E-state index is 13.4. The van der Waals surface area contributed by atoms with Gasteiger partial charge in [0, 0.05) is 34.8 Å². The van der Waals surface area contributed by atoms with E-state index in [1.807, 2.05) is 24.3 Å². The van der Waals surface area contributed by atoms with Crippen molar-refractivity contribution in [3.8, 4) is 22.6 Å². The van der Waals surface area contributed by atoms with E-state index in [-0.39, 0.29) is 5.56 Å². The van der Waals surface area contributed by atoms with E-state index in [0.717, 1.165) is 23.3 Å². The first-order chi connectivity index (χ1) is 15.6. The first kappa shape index (κ1) is 19.4. The Hall–Kier alpha value is -4.53. The van der Waals surface area contributed by atoms with Crippen LogP contribution in [0, 0.1) is 11.6 Å². The lowest BCUT2D eigenvalue weighted by Crippen LogP contribution is -2.12. The van der Waals surface area contributed by atoms with Crippen molar-refractivity contribution in [2.45, 2.75) is 0 Å². The highest BCUT2D eigenvalue weighted by Crippen LogP contribution is 2.22. The Morgan fingerprint density at radius 1 is 0.875 bits per heavy atom. The number of carbonyl (C=O) groups excluding carboxylic acids is 1. The molecule has 9 heteroatoms. The molecule has 7 nitrogen and oxygen atoms in total. The molecule has 156 valence electrons. The zero-order chi connectivity index (χ0) is 22.1. The largest absolute Gasteiger partial charge is 0.322 e. The van der Waals surface area contributed by atoms with E-state index in [9.17, 15) is 13.6 Å². The Morgan fingerprint density at radius 2 is 1.72 bits per heavy atom. The molecule has 0 radical (unpaired) electrons. The molecule has 0 aliphatic carbocycles. The number of rotatable bonds is 4. The van der Waals surface area contributed by atoms with Crippen LogP contribution in [-0.4, -0.2) is 30.7 Å². The summed E-state index contributed by atoms with van der Waals surface area (Å²) in [6.07, 6.45) is 3.37. The van der Waals surface area contributed by atoms with Gasteiger partial charge in [0.05, 0.1) is 5.69 Å². The molecule has 32 heavy (non-hydrogen) atoms. The number of hydrogen-bond donors (Lipinski definition) is 1. The molecule has 0 aliphatic heterocycles. The number of amides is 1. The van der Waals surface area contributed by atoms with Gasteiger partial charge in [-0.15, -0.1) is 10.2 Å². The van der Waals surface area contributed by atoms with Gasteiger partial charge in [0.1, 0.15) is 0 Å². The van der Waals surface area contributed by atoms with E-state index >= 15 is 0 Å². The summed E-state index contributed by atoms with van der Waals surface area (Å²) in [4.78, 5) is 16.4. The second kappa shape index (κ2) is 7.95. The van der Waals surface area contributed by atoms with Gasteiger partial charge in [0.25, 0.3) is 5.91 Å². The van der Waals surface area contributed by atoms with Gasteiger partial charge in [-0.2, -0.15) is 9.61 Å². The van der Waals surface area contributed by atoms with E-state index in [2.05, 4.69) is 25.6 Å². The third kappa shape index (κ3) is 3.67. The Labute approximate surface area is 180 Å². The van der Waals surface area contributed by atoms with E-state index in [1.54, 1.807) is 41.2 Å². The van der Waals surface area contributed by atoms with Crippen LogP contribution < -0.4 is 5.32 Å². The van der Waals surface area contributed by atoms with Crippen molar-refractivity contribution in [2.24, 2.45) is 0 Å². The van der Waals surface area contributed by atoms with Crippen LogP contribution in [0.2, 0.25) is 0 Å². The number of carbonyl (C=O) groups is 1. The van der Waals surface area contributed by atoms with Gasteiger partial charge in [0.2, 0.25) is 0 Å². The van der Waals surface area contributed by atoms with E-state index in [0.29, 0.717) is 22.9 Å². The Balaban J connectivity index is 1.40. The topological polar surface area (TPSA) is 85.1 Å². The number of halogens is 2. The molecular weight excluding hydrogens is 414 g/mol. The summed E-state index contributed by atoms with van der Waals surface area (Å²) in [5, 5.41) is 15.6. The fourth-order valence-corrected chi connectivity index (χ4v) is 3.18. The number of anilines is 1. The number of nitrogens with one attached hydrogen (secondary N) is 1. The van der Waals surface area contributed by atoms with Crippen LogP contribution in [0.15, 0.2) is 79.1 Å². The zero-order valence-electron chi connectivity index (χ0n) is 16.4. The molecule has 2 aromatic carbocycles. The van der Waals surface area contributed by atoms with Crippen molar-refractivity contribution in [3.05, 3.63) is 96.3 Å². The van der Waals surface area contributed by atoms with Crippen molar-refractivity contribution in [3.63, 3.8) is 0 Å². The number of fused-ring (bicyclic) bond motifs is 1. The molecule has 0 unspecified atom stereocenters. The summed E-state index contributed by atoms with van der Waals surface area (Å²) in [5.41, 5.74) is 3.41. The van der Waals surface area contributed by atoms with E-state index in [1.165, 1.54) is 6.07 Å². The molecule has 0 bridgehead atoms. The third-order valence-electron chi connectivity index (χ3n) is 4.80. The first-order valence-electron chi connectivity index (χ1n) is 9.58.